The summed E-state index contributed by atoms with van der Waals surface area (Å²) >= 11 is 0. The van der Waals surface area contributed by atoms with Crippen LogP contribution in [0.4, 0.5) is 0 Å². The molecule has 0 aliphatic rings. The number of hydrogen-bond donors (Lipinski definition) is 3. The Labute approximate surface area is 94.9 Å². The molecule has 0 heterocycles. The summed E-state index contributed by atoms with van der Waals surface area (Å²) in [4.78, 5) is 11.7. The van der Waals surface area contributed by atoms with Crippen LogP contribution in [0.1, 0.15) is 29.3 Å². The van der Waals surface area contributed by atoms with E-state index in [1.54, 1.807) is 18.2 Å². The molecule has 1 aromatic carbocycles. The summed E-state index contributed by atoms with van der Waals surface area (Å²) < 4.78 is 0. The molecule has 0 radical (unpaired) electrons. The number of aliphatic hydroxyl groups excluding tert-OH is 1. The molecule has 0 atom stereocenters. The summed E-state index contributed by atoms with van der Waals surface area (Å²) in [6.45, 7) is 2.37. The number of carbonyl (C=O) groups is 1. The Bertz CT molecular complexity index is 363. The second kappa shape index (κ2) is 6.12. The van der Waals surface area contributed by atoms with E-state index in [4.69, 9.17) is 5.11 Å². The van der Waals surface area contributed by atoms with Gasteiger partial charge in [-0.1, -0.05) is 19.1 Å². The number of nitrogens with one attached hydrogen (secondary N) is 1. The van der Waals surface area contributed by atoms with Crippen LogP contribution in [0.15, 0.2) is 18.2 Å². The van der Waals surface area contributed by atoms with Gasteiger partial charge in [-0.25, -0.2) is 0 Å². The molecule has 1 rings (SSSR count). The zero-order valence-corrected chi connectivity index (χ0v) is 9.36. The van der Waals surface area contributed by atoms with E-state index in [-0.39, 0.29) is 23.8 Å². The summed E-state index contributed by atoms with van der Waals surface area (Å²) in [5.74, 6) is -0.257. The monoisotopic (exact) mass is 223 g/mol. The first kappa shape index (κ1) is 12.5. The number of aromatic hydroxyl groups is 1. The van der Waals surface area contributed by atoms with E-state index in [9.17, 15) is 9.90 Å². The molecule has 0 unspecified atom stereocenters. The van der Waals surface area contributed by atoms with E-state index >= 15 is 0 Å². The van der Waals surface area contributed by atoms with Gasteiger partial charge in [-0.15, -0.1) is 0 Å². The minimum Gasteiger partial charge on any atom is -0.507 e. The van der Waals surface area contributed by atoms with Crippen molar-refractivity contribution in [3.05, 3.63) is 29.3 Å². The molecule has 0 aromatic heterocycles. The number of phenols is 1. The molecule has 0 saturated carbocycles. The maximum absolute atomic E-state index is 11.7. The zero-order valence-electron chi connectivity index (χ0n) is 9.36. The predicted molar refractivity (Wildman–Crippen MR) is 61.5 cm³/mol. The lowest BCUT2D eigenvalue weighted by atomic mass is 10.1. The number of carbonyl (C=O) groups excluding carboxylic acids is 1. The van der Waals surface area contributed by atoms with E-state index in [1.807, 2.05) is 6.92 Å². The van der Waals surface area contributed by atoms with Crippen LogP contribution in [-0.4, -0.2) is 29.3 Å². The predicted octanol–water partition coefficient (Wildman–Crippen LogP) is 1.07. The van der Waals surface area contributed by atoms with Crippen LogP contribution < -0.4 is 5.32 Å². The number of hydrogen-bond acceptors (Lipinski definition) is 3. The minimum absolute atomic E-state index is 0.0429. The van der Waals surface area contributed by atoms with Crippen LogP contribution >= 0.6 is 0 Å². The number of rotatable bonds is 5. The van der Waals surface area contributed by atoms with Crippen molar-refractivity contribution in [2.24, 2.45) is 0 Å². The Morgan fingerprint density at radius 2 is 2.19 bits per heavy atom. The van der Waals surface area contributed by atoms with Crippen molar-refractivity contribution in [1.82, 2.24) is 5.32 Å². The molecule has 1 amide bonds. The number of amides is 1. The van der Waals surface area contributed by atoms with Crippen LogP contribution in [0, 0.1) is 0 Å². The molecular weight excluding hydrogens is 206 g/mol. The van der Waals surface area contributed by atoms with E-state index in [2.05, 4.69) is 5.32 Å². The topological polar surface area (TPSA) is 69.6 Å². The summed E-state index contributed by atoms with van der Waals surface area (Å²) in [6.07, 6.45) is 1.20. The third kappa shape index (κ3) is 2.97. The lowest BCUT2D eigenvalue weighted by molar-refractivity contribution is 0.0948. The van der Waals surface area contributed by atoms with Gasteiger partial charge >= 0.3 is 0 Å². The molecule has 1 aromatic rings. The molecule has 0 fully saturated rings. The van der Waals surface area contributed by atoms with Gasteiger partial charge in [0.25, 0.3) is 5.91 Å². The van der Waals surface area contributed by atoms with Gasteiger partial charge in [0.2, 0.25) is 0 Å². The first-order chi connectivity index (χ1) is 7.70. The average Bonchev–Trinajstić information content (AvgIpc) is 2.29. The standard InChI is InChI=1S/C12H17NO3/c1-2-9-5-3-6-10(11(9)15)12(16)13-7-4-8-14/h3,5-6,14-15H,2,4,7-8H2,1H3,(H,13,16). The maximum Gasteiger partial charge on any atom is 0.255 e. The highest BCUT2D eigenvalue weighted by Gasteiger charge is 2.12. The van der Waals surface area contributed by atoms with Gasteiger partial charge in [-0.3, -0.25) is 4.79 Å². The molecule has 16 heavy (non-hydrogen) atoms. The lowest BCUT2D eigenvalue weighted by Gasteiger charge is -2.08. The summed E-state index contributed by atoms with van der Waals surface area (Å²) in [7, 11) is 0. The Hall–Kier alpha value is -1.55. The molecule has 0 saturated heterocycles. The third-order valence-electron chi connectivity index (χ3n) is 2.37. The Balaban J connectivity index is 2.75. The highest BCUT2D eigenvalue weighted by atomic mass is 16.3. The fourth-order valence-corrected chi connectivity index (χ4v) is 1.44. The summed E-state index contributed by atoms with van der Waals surface area (Å²) in [6, 6.07) is 5.13. The molecule has 0 spiro atoms. The molecule has 3 N–H and O–H groups in total. The molecule has 88 valence electrons. The number of aryl methyl sites for hydroxylation is 1. The van der Waals surface area contributed by atoms with Crippen LogP contribution in [0.5, 0.6) is 5.75 Å². The van der Waals surface area contributed by atoms with Crippen molar-refractivity contribution >= 4 is 5.91 Å². The molecule has 0 aliphatic carbocycles. The normalized spacial score (nSPS) is 10.1. The average molecular weight is 223 g/mol. The zero-order chi connectivity index (χ0) is 12.0. The number of aliphatic hydroxyl groups is 1. The lowest BCUT2D eigenvalue weighted by Crippen LogP contribution is -2.25. The van der Waals surface area contributed by atoms with E-state index in [0.29, 0.717) is 19.4 Å². The largest absolute Gasteiger partial charge is 0.507 e. The van der Waals surface area contributed by atoms with Crippen LogP contribution in [0.2, 0.25) is 0 Å². The van der Waals surface area contributed by atoms with Crippen molar-refractivity contribution in [2.75, 3.05) is 13.2 Å². The fraction of sp³-hybridized carbons (Fsp3) is 0.417. The second-order valence-corrected chi connectivity index (χ2v) is 3.50. The van der Waals surface area contributed by atoms with Gasteiger partial charge in [0, 0.05) is 13.2 Å². The highest BCUT2D eigenvalue weighted by Crippen LogP contribution is 2.22. The SMILES string of the molecule is CCc1cccc(C(=O)NCCCO)c1O. The van der Waals surface area contributed by atoms with Gasteiger partial charge in [0.05, 0.1) is 5.56 Å². The fourth-order valence-electron chi connectivity index (χ4n) is 1.44. The van der Waals surface area contributed by atoms with Crippen molar-refractivity contribution in [1.29, 1.82) is 0 Å². The van der Waals surface area contributed by atoms with Crippen molar-refractivity contribution in [3.63, 3.8) is 0 Å². The Morgan fingerprint density at radius 3 is 2.81 bits per heavy atom. The highest BCUT2D eigenvalue weighted by molar-refractivity contribution is 5.97. The molecular formula is C12H17NO3. The summed E-state index contributed by atoms with van der Waals surface area (Å²) in [5.41, 5.74) is 1.05. The molecule has 0 bridgehead atoms. The third-order valence-corrected chi connectivity index (χ3v) is 2.37. The van der Waals surface area contributed by atoms with Crippen molar-refractivity contribution in [2.45, 2.75) is 19.8 Å². The van der Waals surface area contributed by atoms with E-state index in [1.165, 1.54) is 0 Å². The van der Waals surface area contributed by atoms with E-state index < -0.39 is 0 Å². The van der Waals surface area contributed by atoms with Gasteiger partial charge in [-0.05, 0) is 24.5 Å². The molecule has 4 heteroatoms. The smallest absolute Gasteiger partial charge is 0.255 e. The van der Waals surface area contributed by atoms with Gasteiger partial charge < -0.3 is 15.5 Å². The van der Waals surface area contributed by atoms with Crippen molar-refractivity contribution < 1.29 is 15.0 Å². The first-order valence-corrected chi connectivity index (χ1v) is 5.40. The van der Waals surface area contributed by atoms with Gasteiger partial charge in [0.1, 0.15) is 5.75 Å². The van der Waals surface area contributed by atoms with Gasteiger partial charge in [-0.2, -0.15) is 0 Å². The quantitative estimate of drug-likeness (QED) is 0.654. The Morgan fingerprint density at radius 1 is 1.44 bits per heavy atom. The van der Waals surface area contributed by atoms with Crippen LogP contribution in [-0.2, 0) is 6.42 Å². The Kier molecular flexibility index (Phi) is 4.79. The second-order valence-electron chi connectivity index (χ2n) is 3.50. The first-order valence-electron chi connectivity index (χ1n) is 5.40. The number of para-hydroxylation sites is 1. The van der Waals surface area contributed by atoms with E-state index in [0.717, 1.165) is 5.56 Å². The number of benzene rings is 1. The molecule has 4 nitrogen and oxygen atoms in total. The van der Waals surface area contributed by atoms with Gasteiger partial charge in [0.15, 0.2) is 0 Å². The minimum atomic E-state index is -0.304. The number of phenolic OH excluding ortho intramolecular Hbond substituents is 1. The van der Waals surface area contributed by atoms with Crippen LogP contribution in [0.25, 0.3) is 0 Å². The maximum atomic E-state index is 11.7. The summed E-state index contributed by atoms with van der Waals surface area (Å²) in [5, 5.41) is 21.0. The van der Waals surface area contributed by atoms with Crippen molar-refractivity contribution in [3.8, 4) is 5.75 Å². The molecule has 0 aliphatic heterocycles. The van der Waals surface area contributed by atoms with Crippen LogP contribution in [0.3, 0.4) is 0 Å².